The van der Waals surface area contributed by atoms with Crippen molar-refractivity contribution in [2.24, 2.45) is 5.73 Å². The van der Waals surface area contributed by atoms with Crippen LogP contribution in [-0.4, -0.2) is 32.0 Å². The zero-order valence-electron chi connectivity index (χ0n) is 11.0. The number of phenols is 1. The third-order valence-corrected chi connectivity index (χ3v) is 5.11. The Bertz CT molecular complexity index is 735. The molecular weight excluding hydrogens is 301 g/mol. The number of aryl methyl sites for hydroxylation is 1. The van der Waals surface area contributed by atoms with E-state index in [1.807, 2.05) is 0 Å². The molecule has 1 heterocycles. The predicted octanol–water partition coefficient (Wildman–Crippen LogP) is -0.472. The maximum atomic E-state index is 14.6. The van der Waals surface area contributed by atoms with Crippen LogP contribution in [0.1, 0.15) is 17.5 Å². The number of phenolic OH excluding ortho intramolecular Hbond substituents is 1. The van der Waals surface area contributed by atoms with Crippen LogP contribution in [0.5, 0.6) is 5.75 Å². The first kappa shape index (κ1) is 14.1. The monoisotopic (exact) mass is 315 g/mol. The Morgan fingerprint density at radius 1 is 1.48 bits per heavy atom. The first-order chi connectivity index (χ1) is 9.79. The highest BCUT2D eigenvalue weighted by Crippen LogP contribution is 2.39. The van der Waals surface area contributed by atoms with Crippen molar-refractivity contribution in [3.05, 3.63) is 23.0 Å². The van der Waals surface area contributed by atoms with Gasteiger partial charge in [0.1, 0.15) is 18.0 Å². The Morgan fingerprint density at radius 3 is 2.81 bits per heavy atom. The number of carbonyl (C=O) groups is 1. The van der Waals surface area contributed by atoms with Gasteiger partial charge < -0.3 is 10.8 Å². The van der Waals surface area contributed by atoms with Gasteiger partial charge in [0.15, 0.2) is 5.82 Å². The van der Waals surface area contributed by atoms with Gasteiger partial charge in [-0.3, -0.25) is 4.79 Å². The van der Waals surface area contributed by atoms with E-state index in [1.54, 1.807) is 4.72 Å². The quantitative estimate of drug-likeness (QED) is 0.648. The highest BCUT2D eigenvalue weighted by Gasteiger charge is 2.38. The van der Waals surface area contributed by atoms with E-state index in [2.05, 4.69) is 0 Å². The summed E-state index contributed by atoms with van der Waals surface area (Å²) in [5.41, 5.74) is 6.23. The topological polar surface area (TPSA) is 113 Å². The van der Waals surface area contributed by atoms with Crippen molar-refractivity contribution < 1.29 is 22.7 Å². The van der Waals surface area contributed by atoms with Gasteiger partial charge in [0, 0.05) is 6.04 Å². The average Bonchev–Trinajstić information content (AvgIpc) is 2.64. The van der Waals surface area contributed by atoms with Crippen molar-refractivity contribution >= 4 is 21.8 Å². The van der Waals surface area contributed by atoms with Crippen LogP contribution in [0.3, 0.4) is 0 Å². The fourth-order valence-corrected chi connectivity index (χ4v) is 3.91. The van der Waals surface area contributed by atoms with E-state index in [-0.39, 0.29) is 12.5 Å². The van der Waals surface area contributed by atoms with Crippen LogP contribution < -0.4 is 14.8 Å². The van der Waals surface area contributed by atoms with Gasteiger partial charge in [0.2, 0.25) is 0 Å². The lowest BCUT2D eigenvalue weighted by Gasteiger charge is -2.25. The summed E-state index contributed by atoms with van der Waals surface area (Å²) in [5.74, 6) is -2.11. The number of carbonyl (C=O) groups excluding carboxylic acids is 1. The Hall–Kier alpha value is -1.87. The molecule has 4 N–H and O–H groups in total. The number of aromatic hydroxyl groups is 1. The molecule has 1 aromatic rings. The van der Waals surface area contributed by atoms with Crippen LogP contribution in [0, 0.1) is 5.82 Å². The second-order valence-electron chi connectivity index (χ2n) is 5.24. The SMILES string of the molecule is N[C@@H]1CCc2cc(O)c(N3CC(=O)NS3(=O)=O)c(F)c2C1. The Kier molecular flexibility index (Phi) is 3.06. The van der Waals surface area contributed by atoms with Gasteiger partial charge in [0.05, 0.1) is 0 Å². The molecule has 1 aliphatic heterocycles. The smallest absolute Gasteiger partial charge is 0.326 e. The molecule has 1 aliphatic carbocycles. The molecule has 1 atom stereocenters. The third-order valence-electron chi connectivity index (χ3n) is 3.73. The Balaban J connectivity index is 2.16. The van der Waals surface area contributed by atoms with Crippen molar-refractivity contribution in [1.29, 1.82) is 0 Å². The van der Waals surface area contributed by atoms with Gasteiger partial charge >= 0.3 is 10.2 Å². The summed E-state index contributed by atoms with van der Waals surface area (Å²) in [6.07, 6.45) is 1.46. The van der Waals surface area contributed by atoms with Crippen molar-refractivity contribution in [1.82, 2.24) is 4.72 Å². The predicted molar refractivity (Wildman–Crippen MR) is 72.5 cm³/mol. The largest absolute Gasteiger partial charge is 0.506 e. The van der Waals surface area contributed by atoms with Crippen molar-refractivity contribution in [2.75, 3.05) is 10.8 Å². The fourth-order valence-electron chi connectivity index (χ4n) is 2.75. The summed E-state index contributed by atoms with van der Waals surface area (Å²) >= 11 is 0. The van der Waals surface area contributed by atoms with Crippen LogP contribution in [-0.2, 0) is 27.8 Å². The number of hydrogen-bond acceptors (Lipinski definition) is 5. The molecule has 1 amide bonds. The molecule has 1 fully saturated rings. The maximum absolute atomic E-state index is 14.6. The van der Waals surface area contributed by atoms with E-state index in [4.69, 9.17) is 5.73 Å². The van der Waals surface area contributed by atoms with Crippen LogP contribution in [0.2, 0.25) is 0 Å². The molecule has 2 aliphatic rings. The van der Waals surface area contributed by atoms with E-state index < -0.39 is 39.9 Å². The molecule has 0 spiro atoms. The molecule has 0 unspecified atom stereocenters. The number of anilines is 1. The van der Waals surface area contributed by atoms with Crippen LogP contribution in [0.4, 0.5) is 10.1 Å². The summed E-state index contributed by atoms with van der Waals surface area (Å²) < 4.78 is 40.5. The molecule has 3 rings (SSSR count). The number of fused-ring (bicyclic) bond motifs is 1. The lowest BCUT2D eigenvalue weighted by Crippen LogP contribution is -2.32. The average molecular weight is 315 g/mol. The highest BCUT2D eigenvalue weighted by atomic mass is 32.2. The van der Waals surface area contributed by atoms with Crippen LogP contribution in [0.25, 0.3) is 0 Å². The first-order valence-corrected chi connectivity index (χ1v) is 7.85. The van der Waals surface area contributed by atoms with Gasteiger partial charge in [-0.1, -0.05) is 0 Å². The zero-order chi connectivity index (χ0) is 15.4. The molecule has 0 bridgehead atoms. The summed E-state index contributed by atoms with van der Waals surface area (Å²) in [6, 6.07) is 1.14. The number of benzene rings is 1. The molecule has 21 heavy (non-hydrogen) atoms. The summed E-state index contributed by atoms with van der Waals surface area (Å²) in [6.45, 7) is -0.558. The molecule has 0 saturated carbocycles. The molecule has 0 radical (unpaired) electrons. The third kappa shape index (κ3) is 2.22. The normalized spacial score (nSPS) is 23.8. The van der Waals surface area contributed by atoms with Gasteiger partial charge in [0.25, 0.3) is 5.91 Å². The maximum Gasteiger partial charge on any atom is 0.326 e. The number of halogens is 1. The van der Waals surface area contributed by atoms with Crippen LogP contribution >= 0.6 is 0 Å². The van der Waals surface area contributed by atoms with Gasteiger partial charge in [-0.15, -0.1) is 0 Å². The fraction of sp³-hybridized carbons (Fsp3) is 0.417. The molecule has 9 heteroatoms. The summed E-state index contributed by atoms with van der Waals surface area (Å²) in [7, 11) is -4.17. The standard InChI is InChI=1S/C12H14FN3O4S/c13-11-8-4-7(14)2-1-6(8)3-9(17)12(11)16-5-10(18)15-21(16,19)20/h3,7,17H,1-2,4-5,14H2,(H,15,18)/t7-/m1/s1. The van der Waals surface area contributed by atoms with E-state index in [0.717, 1.165) is 0 Å². The second kappa shape index (κ2) is 4.57. The van der Waals surface area contributed by atoms with Crippen molar-refractivity contribution in [2.45, 2.75) is 25.3 Å². The van der Waals surface area contributed by atoms with Gasteiger partial charge in [-0.25, -0.2) is 13.4 Å². The van der Waals surface area contributed by atoms with Crippen LogP contribution in [0.15, 0.2) is 6.07 Å². The molecule has 114 valence electrons. The minimum Gasteiger partial charge on any atom is -0.506 e. The molecule has 1 saturated heterocycles. The number of nitrogens with one attached hydrogen (secondary N) is 1. The summed E-state index contributed by atoms with van der Waals surface area (Å²) in [4.78, 5) is 11.2. The highest BCUT2D eigenvalue weighted by molar-refractivity contribution is 7.92. The lowest BCUT2D eigenvalue weighted by atomic mass is 9.87. The van der Waals surface area contributed by atoms with Gasteiger partial charge in [-0.2, -0.15) is 8.42 Å². The number of hydrogen-bond donors (Lipinski definition) is 3. The molecule has 0 aromatic heterocycles. The minimum absolute atomic E-state index is 0.209. The second-order valence-corrected chi connectivity index (χ2v) is 6.83. The van der Waals surface area contributed by atoms with E-state index in [0.29, 0.717) is 28.3 Å². The lowest BCUT2D eigenvalue weighted by molar-refractivity contribution is -0.117. The van der Waals surface area contributed by atoms with Crippen molar-refractivity contribution in [3.63, 3.8) is 0 Å². The van der Waals surface area contributed by atoms with Gasteiger partial charge in [-0.05, 0) is 36.5 Å². The molecule has 7 nitrogen and oxygen atoms in total. The summed E-state index contributed by atoms with van der Waals surface area (Å²) in [5, 5.41) is 9.98. The first-order valence-electron chi connectivity index (χ1n) is 6.41. The minimum atomic E-state index is -4.17. The molecular formula is C12H14FN3O4S. The zero-order valence-corrected chi connectivity index (χ0v) is 11.8. The van der Waals surface area contributed by atoms with E-state index in [9.17, 15) is 22.7 Å². The number of nitrogens with zero attached hydrogens (tertiary/aromatic N) is 1. The Labute approximate surface area is 120 Å². The number of rotatable bonds is 1. The Morgan fingerprint density at radius 2 is 2.19 bits per heavy atom. The van der Waals surface area contributed by atoms with E-state index in [1.165, 1.54) is 6.07 Å². The number of amides is 1. The number of nitrogens with two attached hydrogens (primary N) is 1. The molecule has 1 aromatic carbocycles. The van der Waals surface area contributed by atoms with Crippen molar-refractivity contribution in [3.8, 4) is 5.75 Å². The van der Waals surface area contributed by atoms with E-state index >= 15 is 0 Å².